The molecule has 1 aliphatic carbocycles. The van der Waals surface area contributed by atoms with Crippen LogP contribution in [0.3, 0.4) is 0 Å². The summed E-state index contributed by atoms with van der Waals surface area (Å²) in [5.41, 5.74) is 12.0. The minimum absolute atomic E-state index is 0.00802. The van der Waals surface area contributed by atoms with Crippen LogP contribution in [0.2, 0.25) is 0 Å². The lowest BCUT2D eigenvalue weighted by atomic mass is 9.66. The lowest BCUT2D eigenvalue weighted by Crippen LogP contribution is -2.29. The molecule has 0 unspecified atom stereocenters. The van der Waals surface area contributed by atoms with Gasteiger partial charge >= 0.3 is 0 Å². The molecular formula is C49H66O12. The third kappa shape index (κ3) is 13.9. The van der Waals surface area contributed by atoms with E-state index in [0.29, 0.717) is 119 Å². The van der Waals surface area contributed by atoms with Crippen molar-refractivity contribution in [3.05, 3.63) is 123 Å². The highest BCUT2D eigenvalue weighted by Crippen LogP contribution is 2.57. The SMILES string of the molecule is COCCOCCOCCOc1ccc(C2(c3ccc(COCCOCCOCCO)c(COCCOCCOCCO)c3)c3cc(C)ccc3-c3ccc(C)cc32)cc1C. The van der Waals surface area contributed by atoms with E-state index < -0.39 is 5.41 Å². The highest BCUT2D eigenvalue weighted by molar-refractivity contribution is 5.87. The largest absolute Gasteiger partial charge is 0.491 e. The Morgan fingerprint density at radius 2 is 0.869 bits per heavy atom. The van der Waals surface area contributed by atoms with E-state index in [-0.39, 0.29) is 13.2 Å². The second kappa shape index (κ2) is 26.7. The van der Waals surface area contributed by atoms with Crippen LogP contribution in [0.5, 0.6) is 5.75 Å². The molecule has 0 saturated heterocycles. The van der Waals surface area contributed by atoms with Crippen molar-refractivity contribution in [2.24, 2.45) is 0 Å². The van der Waals surface area contributed by atoms with Crippen molar-refractivity contribution in [1.82, 2.24) is 0 Å². The maximum absolute atomic E-state index is 8.96. The third-order valence-electron chi connectivity index (χ3n) is 10.5. The Hall–Kier alpha value is -3.76. The number of hydrogen-bond donors (Lipinski definition) is 2. The van der Waals surface area contributed by atoms with E-state index in [4.69, 9.17) is 57.6 Å². The average Bonchev–Trinajstić information content (AvgIpc) is 3.54. The number of aliphatic hydroxyl groups is 2. The maximum atomic E-state index is 8.96. The lowest BCUT2D eigenvalue weighted by molar-refractivity contribution is 0.00160. The molecule has 0 bridgehead atoms. The van der Waals surface area contributed by atoms with Gasteiger partial charge < -0.3 is 57.6 Å². The first kappa shape index (κ1) is 48.3. The zero-order valence-corrected chi connectivity index (χ0v) is 36.5. The van der Waals surface area contributed by atoms with Crippen molar-refractivity contribution < 1.29 is 57.6 Å². The molecule has 0 aliphatic heterocycles. The number of hydrogen-bond acceptors (Lipinski definition) is 12. The summed E-state index contributed by atoms with van der Waals surface area (Å²) < 4.78 is 57.0. The van der Waals surface area contributed by atoms with Crippen LogP contribution in [-0.2, 0) is 61.3 Å². The van der Waals surface area contributed by atoms with Crippen LogP contribution < -0.4 is 4.74 Å². The van der Waals surface area contributed by atoms with E-state index in [0.717, 1.165) is 33.6 Å². The summed E-state index contributed by atoms with van der Waals surface area (Å²) in [6.45, 7) is 14.1. The fourth-order valence-corrected chi connectivity index (χ4v) is 7.57. The van der Waals surface area contributed by atoms with Crippen molar-refractivity contribution >= 4 is 0 Å². The first-order chi connectivity index (χ1) is 29.9. The van der Waals surface area contributed by atoms with Crippen LogP contribution in [0.25, 0.3) is 11.1 Å². The van der Waals surface area contributed by atoms with Gasteiger partial charge in [0.1, 0.15) is 12.4 Å². The van der Waals surface area contributed by atoms with Gasteiger partial charge in [0.15, 0.2) is 0 Å². The summed E-state index contributed by atoms with van der Waals surface area (Å²) in [5.74, 6) is 0.816. The Morgan fingerprint density at radius 1 is 0.426 bits per heavy atom. The summed E-state index contributed by atoms with van der Waals surface area (Å²) in [5, 5.41) is 17.9. The van der Waals surface area contributed by atoms with E-state index >= 15 is 0 Å². The summed E-state index contributed by atoms with van der Waals surface area (Å²) in [6, 6.07) is 26.9. The predicted octanol–water partition coefficient (Wildman–Crippen LogP) is 6.12. The van der Waals surface area contributed by atoms with Gasteiger partial charge in [0.05, 0.1) is 131 Å². The standard InChI is InChI=1S/C49H66O12/c1-37-5-10-44-45-11-6-38(2)32-47(45)49(46(44)31-37,42-9-12-48(39(3)33-42)61-30-29-58-24-23-55-18-17-52-4)43-8-7-40(35-59-27-25-56-21-19-53-15-13-50)41(34-43)36-60-28-26-57-22-20-54-16-14-51/h5-12,31-34,50-51H,13-30,35-36H2,1-4H3. The molecule has 12 nitrogen and oxygen atoms in total. The van der Waals surface area contributed by atoms with E-state index in [9.17, 15) is 0 Å². The van der Waals surface area contributed by atoms with Crippen molar-refractivity contribution in [3.63, 3.8) is 0 Å². The number of aryl methyl sites for hydroxylation is 3. The van der Waals surface area contributed by atoms with Crippen LogP contribution in [0, 0.1) is 20.8 Å². The van der Waals surface area contributed by atoms with Gasteiger partial charge in [0.25, 0.3) is 0 Å². The Kier molecular flexibility index (Phi) is 21.1. The molecule has 334 valence electrons. The van der Waals surface area contributed by atoms with Crippen LogP contribution in [0.15, 0.2) is 72.8 Å². The van der Waals surface area contributed by atoms with Gasteiger partial charge in [-0.1, -0.05) is 77.9 Å². The summed E-state index contributed by atoms with van der Waals surface area (Å²) >= 11 is 0. The minimum Gasteiger partial charge on any atom is -0.491 e. The Bertz CT molecular complexity index is 1830. The molecule has 4 aromatic carbocycles. The van der Waals surface area contributed by atoms with Gasteiger partial charge in [0, 0.05) is 7.11 Å². The summed E-state index contributed by atoms with van der Waals surface area (Å²) in [6.07, 6.45) is 0. The first-order valence-electron chi connectivity index (χ1n) is 21.4. The van der Waals surface area contributed by atoms with Crippen molar-refractivity contribution in [3.8, 4) is 16.9 Å². The number of rotatable bonds is 32. The topological polar surface area (TPSA) is 133 Å². The highest BCUT2D eigenvalue weighted by atomic mass is 16.6. The number of benzene rings is 4. The molecule has 0 radical (unpaired) electrons. The lowest BCUT2D eigenvalue weighted by Gasteiger charge is -2.35. The van der Waals surface area contributed by atoms with Gasteiger partial charge in [-0.2, -0.15) is 0 Å². The number of methoxy groups -OCH3 is 1. The number of aliphatic hydroxyl groups excluding tert-OH is 2. The van der Waals surface area contributed by atoms with Gasteiger partial charge in [-0.05, 0) is 76.9 Å². The molecular weight excluding hydrogens is 781 g/mol. The Morgan fingerprint density at radius 3 is 1.38 bits per heavy atom. The third-order valence-corrected chi connectivity index (χ3v) is 10.5. The first-order valence-corrected chi connectivity index (χ1v) is 21.4. The molecule has 0 heterocycles. The Labute approximate surface area is 361 Å². The van der Waals surface area contributed by atoms with Crippen molar-refractivity contribution in [2.45, 2.75) is 39.4 Å². The second-order valence-electron chi connectivity index (χ2n) is 14.9. The molecule has 2 N–H and O–H groups in total. The fourth-order valence-electron chi connectivity index (χ4n) is 7.57. The maximum Gasteiger partial charge on any atom is 0.122 e. The molecule has 0 saturated carbocycles. The molecule has 61 heavy (non-hydrogen) atoms. The molecule has 12 heteroatoms. The van der Waals surface area contributed by atoms with Gasteiger partial charge in [-0.3, -0.25) is 0 Å². The molecule has 0 aromatic heterocycles. The molecule has 4 aromatic rings. The molecule has 0 atom stereocenters. The molecule has 1 aliphatic rings. The quantitative estimate of drug-likeness (QED) is 0.0484. The van der Waals surface area contributed by atoms with Crippen LogP contribution in [-0.4, -0.2) is 136 Å². The summed E-state index contributed by atoms with van der Waals surface area (Å²) in [4.78, 5) is 0. The van der Waals surface area contributed by atoms with E-state index in [1.54, 1.807) is 7.11 Å². The number of ether oxygens (including phenoxy) is 10. The second-order valence-corrected chi connectivity index (χ2v) is 14.9. The molecule has 5 rings (SSSR count). The zero-order valence-electron chi connectivity index (χ0n) is 36.5. The van der Waals surface area contributed by atoms with Crippen molar-refractivity contribution in [1.29, 1.82) is 0 Å². The zero-order chi connectivity index (χ0) is 43.1. The van der Waals surface area contributed by atoms with Gasteiger partial charge in [0.2, 0.25) is 0 Å². The van der Waals surface area contributed by atoms with E-state index in [1.807, 2.05) is 0 Å². The fraction of sp³-hybridized carbons (Fsp3) is 0.510. The highest BCUT2D eigenvalue weighted by Gasteiger charge is 2.46. The molecule has 0 spiro atoms. The normalized spacial score (nSPS) is 12.8. The van der Waals surface area contributed by atoms with Crippen LogP contribution in [0.4, 0.5) is 0 Å². The van der Waals surface area contributed by atoms with Crippen LogP contribution >= 0.6 is 0 Å². The molecule has 0 amide bonds. The Balaban J connectivity index is 1.44. The molecule has 0 fully saturated rings. The average molecular weight is 847 g/mol. The monoisotopic (exact) mass is 846 g/mol. The predicted molar refractivity (Wildman–Crippen MR) is 234 cm³/mol. The van der Waals surface area contributed by atoms with Gasteiger partial charge in [-0.25, -0.2) is 0 Å². The van der Waals surface area contributed by atoms with E-state index in [2.05, 4.69) is 93.6 Å². The van der Waals surface area contributed by atoms with Crippen LogP contribution in [0.1, 0.15) is 50.1 Å². The summed E-state index contributed by atoms with van der Waals surface area (Å²) in [7, 11) is 1.66. The van der Waals surface area contributed by atoms with E-state index in [1.165, 1.54) is 33.4 Å². The van der Waals surface area contributed by atoms with Crippen molar-refractivity contribution in [2.75, 3.05) is 126 Å². The smallest absolute Gasteiger partial charge is 0.122 e. The minimum atomic E-state index is -0.643. The number of fused-ring (bicyclic) bond motifs is 3. The van der Waals surface area contributed by atoms with Gasteiger partial charge in [-0.15, -0.1) is 0 Å².